The van der Waals surface area contributed by atoms with E-state index in [9.17, 15) is 9.59 Å². The maximum atomic E-state index is 12.9. The van der Waals surface area contributed by atoms with E-state index >= 15 is 0 Å². The highest BCUT2D eigenvalue weighted by Gasteiger charge is 2.19. The number of carbonyl (C=O) groups is 2. The highest BCUT2D eigenvalue weighted by molar-refractivity contribution is 7.10. The molecule has 0 radical (unpaired) electrons. The van der Waals surface area contributed by atoms with Crippen molar-refractivity contribution in [2.45, 2.75) is 32.2 Å². The zero-order valence-corrected chi connectivity index (χ0v) is 17.8. The van der Waals surface area contributed by atoms with E-state index in [1.165, 1.54) is 18.4 Å². The summed E-state index contributed by atoms with van der Waals surface area (Å²) in [6.45, 7) is 1.99. The number of aryl methyl sites for hydroxylation is 1. The van der Waals surface area contributed by atoms with Gasteiger partial charge in [-0.1, -0.05) is 43.7 Å². The third-order valence-corrected chi connectivity index (χ3v) is 5.67. The number of carbonyl (C=O) groups excluding carboxylic acids is 2. The minimum absolute atomic E-state index is 0.176. The van der Waals surface area contributed by atoms with Gasteiger partial charge < -0.3 is 15.8 Å². The number of hydrogen-bond donors (Lipinski definition) is 2. The Labute approximate surface area is 180 Å². The van der Waals surface area contributed by atoms with Crippen LogP contribution in [0.25, 0.3) is 0 Å². The van der Waals surface area contributed by atoms with Crippen LogP contribution in [0.15, 0.2) is 66.0 Å². The molecule has 1 heterocycles. The van der Waals surface area contributed by atoms with Crippen LogP contribution in [0.5, 0.6) is 5.75 Å². The van der Waals surface area contributed by atoms with Gasteiger partial charge in [0.25, 0.3) is 11.8 Å². The van der Waals surface area contributed by atoms with Gasteiger partial charge in [0.2, 0.25) is 0 Å². The molecule has 6 heteroatoms. The number of nitrogens with one attached hydrogen (secondary N) is 1. The van der Waals surface area contributed by atoms with E-state index in [-0.39, 0.29) is 18.6 Å². The fourth-order valence-corrected chi connectivity index (χ4v) is 3.91. The number of hydrogen-bond acceptors (Lipinski definition) is 4. The number of unbranched alkanes of at least 4 members (excludes halogenated alkanes) is 1. The Morgan fingerprint density at radius 3 is 2.40 bits per heavy atom. The van der Waals surface area contributed by atoms with E-state index in [1.807, 2.05) is 17.5 Å². The molecular formula is C24H26N2O3S. The van der Waals surface area contributed by atoms with Gasteiger partial charge >= 0.3 is 0 Å². The Morgan fingerprint density at radius 2 is 1.80 bits per heavy atom. The first-order valence-corrected chi connectivity index (χ1v) is 10.9. The molecule has 1 atom stereocenters. The highest BCUT2D eigenvalue weighted by atomic mass is 32.1. The lowest BCUT2D eigenvalue weighted by Crippen LogP contribution is -2.28. The van der Waals surface area contributed by atoms with Crippen molar-refractivity contribution < 1.29 is 14.3 Å². The molecule has 30 heavy (non-hydrogen) atoms. The molecule has 5 nitrogen and oxygen atoms in total. The second-order valence-electron chi connectivity index (χ2n) is 7.05. The molecule has 0 unspecified atom stereocenters. The molecule has 3 rings (SSSR count). The summed E-state index contributed by atoms with van der Waals surface area (Å²) in [5.41, 5.74) is 7.95. The molecule has 156 valence electrons. The van der Waals surface area contributed by atoms with Crippen LogP contribution in [-0.2, 0) is 11.2 Å². The number of primary amides is 1. The quantitative estimate of drug-likeness (QED) is 0.506. The van der Waals surface area contributed by atoms with Crippen molar-refractivity contribution >= 4 is 23.2 Å². The Bertz CT molecular complexity index is 951. The third kappa shape index (κ3) is 5.94. The van der Waals surface area contributed by atoms with Crippen LogP contribution in [0, 0.1) is 0 Å². The maximum Gasteiger partial charge on any atom is 0.255 e. The van der Waals surface area contributed by atoms with Crippen LogP contribution in [-0.4, -0.2) is 18.4 Å². The first-order valence-electron chi connectivity index (χ1n) is 10.0. The van der Waals surface area contributed by atoms with Gasteiger partial charge in [0.15, 0.2) is 6.61 Å². The van der Waals surface area contributed by atoms with E-state index < -0.39 is 5.91 Å². The van der Waals surface area contributed by atoms with Crippen molar-refractivity contribution in [1.29, 1.82) is 0 Å². The van der Waals surface area contributed by atoms with Gasteiger partial charge in [-0.2, -0.15) is 0 Å². The first kappa shape index (κ1) is 21.6. The van der Waals surface area contributed by atoms with Crippen molar-refractivity contribution in [3.05, 3.63) is 87.6 Å². The van der Waals surface area contributed by atoms with Gasteiger partial charge in [-0.3, -0.25) is 9.59 Å². The Morgan fingerprint density at radius 1 is 1.07 bits per heavy atom. The normalized spacial score (nSPS) is 11.6. The standard InChI is InChI=1S/C24H26N2O3S/c1-2-3-5-17-7-9-18(10-8-17)23(21-6-4-15-30-21)26-24(28)19-11-13-20(14-12-19)29-16-22(25)27/h4,6-15,23H,2-3,5,16H2,1H3,(H2,25,27)(H,26,28)/t23-/m1/s1. The molecule has 0 fully saturated rings. The SMILES string of the molecule is CCCCc1ccc([C@@H](NC(=O)c2ccc(OCC(N)=O)cc2)c2cccs2)cc1. The molecule has 0 aliphatic rings. The summed E-state index contributed by atoms with van der Waals surface area (Å²) >= 11 is 1.61. The summed E-state index contributed by atoms with van der Waals surface area (Å²) < 4.78 is 5.25. The van der Waals surface area contributed by atoms with E-state index in [4.69, 9.17) is 10.5 Å². The third-order valence-electron chi connectivity index (χ3n) is 4.73. The average Bonchev–Trinajstić information content (AvgIpc) is 3.30. The lowest BCUT2D eigenvalue weighted by atomic mass is 10.0. The van der Waals surface area contributed by atoms with Gasteiger partial charge in [-0.25, -0.2) is 0 Å². The smallest absolute Gasteiger partial charge is 0.255 e. The molecule has 1 aromatic heterocycles. The number of rotatable bonds is 10. The fourth-order valence-electron chi connectivity index (χ4n) is 3.10. The molecule has 0 aliphatic carbocycles. The van der Waals surface area contributed by atoms with Gasteiger partial charge in [0.1, 0.15) is 5.75 Å². The summed E-state index contributed by atoms with van der Waals surface area (Å²) in [7, 11) is 0. The monoisotopic (exact) mass is 422 g/mol. The van der Waals surface area contributed by atoms with Crippen LogP contribution >= 0.6 is 11.3 Å². The van der Waals surface area contributed by atoms with Crippen molar-refractivity contribution in [1.82, 2.24) is 5.32 Å². The molecule has 3 aromatic rings. The predicted octanol–water partition coefficient (Wildman–Crippen LogP) is 4.47. The predicted molar refractivity (Wildman–Crippen MR) is 120 cm³/mol. The first-order chi connectivity index (χ1) is 14.6. The summed E-state index contributed by atoms with van der Waals surface area (Å²) in [5, 5.41) is 5.15. The van der Waals surface area contributed by atoms with Crippen LogP contribution in [0.1, 0.15) is 52.2 Å². The zero-order valence-electron chi connectivity index (χ0n) is 17.0. The van der Waals surface area contributed by atoms with Gasteiger partial charge in [0, 0.05) is 10.4 Å². The van der Waals surface area contributed by atoms with Crippen molar-refractivity contribution in [3.8, 4) is 5.75 Å². The van der Waals surface area contributed by atoms with Crippen molar-refractivity contribution in [3.63, 3.8) is 0 Å². The molecule has 0 saturated carbocycles. The summed E-state index contributed by atoms with van der Waals surface area (Å²) in [6.07, 6.45) is 3.41. The minimum atomic E-state index is -0.545. The zero-order chi connectivity index (χ0) is 21.3. The van der Waals surface area contributed by atoms with Crippen molar-refractivity contribution in [2.75, 3.05) is 6.61 Å². The fraction of sp³-hybridized carbons (Fsp3) is 0.250. The molecule has 0 bridgehead atoms. The van der Waals surface area contributed by atoms with E-state index in [0.29, 0.717) is 11.3 Å². The lowest BCUT2D eigenvalue weighted by Gasteiger charge is -2.19. The molecule has 0 saturated heterocycles. The number of amides is 2. The molecular weight excluding hydrogens is 396 g/mol. The second-order valence-corrected chi connectivity index (χ2v) is 8.03. The summed E-state index contributed by atoms with van der Waals surface area (Å²) in [4.78, 5) is 24.8. The van der Waals surface area contributed by atoms with Crippen LogP contribution in [0.2, 0.25) is 0 Å². The molecule has 3 N–H and O–H groups in total. The summed E-state index contributed by atoms with van der Waals surface area (Å²) in [5.74, 6) is -0.232. The van der Waals surface area contributed by atoms with Gasteiger partial charge in [-0.15, -0.1) is 11.3 Å². The Kier molecular flexibility index (Phi) is 7.63. The van der Waals surface area contributed by atoms with Crippen LogP contribution in [0.4, 0.5) is 0 Å². The molecule has 0 spiro atoms. The van der Waals surface area contributed by atoms with Crippen LogP contribution < -0.4 is 15.8 Å². The lowest BCUT2D eigenvalue weighted by molar-refractivity contribution is -0.119. The second kappa shape index (κ2) is 10.6. The van der Waals surface area contributed by atoms with E-state index in [0.717, 1.165) is 16.9 Å². The topological polar surface area (TPSA) is 81.4 Å². The number of benzene rings is 2. The minimum Gasteiger partial charge on any atom is -0.484 e. The highest BCUT2D eigenvalue weighted by Crippen LogP contribution is 2.27. The van der Waals surface area contributed by atoms with E-state index in [1.54, 1.807) is 35.6 Å². The number of ether oxygens (including phenoxy) is 1. The van der Waals surface area contributed by atoms with Gasteiger partial charge in [0.05, 0.1) is 6.04 Å². The Balaban J connectivity index is 1.74. The van der Waals surface area contributed by atoms with Crippen molar-refractivity contribution in [2.24, 2.45) is 5.73 Å². The number of nitrogens with two attached hydrogens (primary N) is 1. The molecule has 2 amide bonds. The van der Waals surface area contributed by atoms with Crippen LogP contribution in [0.3, 0.4) is 0 Å². The molecule has 0 aliphatic heterocycles. The number of thiophene rings is 1. The van der Waals surface area contributed by atoms with E-state index in [2.05, 4.69) is 36.5 Å². The Hall–Kier alpha value is -3.12. The largest absolute Gasteiger partial charge is 0.484 e. The van der Waals surface area contributed by atoms with Gasteiger partial charge in [-0.05, 0) is 59.7 Å². The average molecular weight is 423 g/mol. The maximum absolute atomic E-state index is 12.9. The summed E-state index contributed by atoms with van der Waals surface area (Å²) in [6, 6.07) is 18.9. The molecule has 2 aromatic carbocycles.